The van der Waals surface area contributed by atoms with Crippen LogP contribution in [0.2, 0.25) is 5.02 Å². The van der Waals surface area contributed by atoms with E-state index in [0.717, 1.165) is 57.9 Å². The minimum atomic E-state index is -0.149. The van der Waals surface area contributed by atoms with Crippen LogP contribution in [0.3, 0.4) is 0 Å². The van der Waals surface area contributed by atoms with E-state index in [4.69, 9.17) is 16.1 Å². The molecule has 0 spiro atoms. The predicted molar refractivity (Wildman–Crippen MR) is 146 cm³/mol. The van der Waals surface area contributed by atoms with E-state index in [1.807, 2.05) is 59.5 Å². The fourth-order valence-corrected chi connectivity index (χ4v) is 6.25. The Balaban J connectivity index is 1.22. The molecule has 2 amide bonds. The molecule has 0 saturated heterocycles. The Morgan fingerprint density at radius 2 is 1.84 bits per heavy atom. The van der Waals surface area contributed by atoms with Crippen LogP contribution >= 0.6 is 23.4 Å². The summed E-state index contributed by atoms with van der Waals surface area (Å²) in [5.74, 6) is 0.665. The van der Waals surface area contributed by atoms with Crippen LogP contribution in [0.15, 0.2) is 81.0 Å². The Morgan fingerprint density at radius 1 is 1.05 bits per heavy atom. The molecule has 1 saturated carbocycles. The summed E-state index contributed by atoms with van der Waals surface area (Å²) in [5, 5.41) is 7.60. The van der Waals surface area contributed by atoms with Crippen molar-refractivity contribution in [2.45, 2.75) is 54.5 Å². The number of anilines is 1. The van der Waals surface area contributed by atoms with E-state index in [-0.39, 0.29) is 30.8 Å². The highest BCUT2D eigenvalue weighted by Crippen LogP contribution is 2.45. The van der Waals surface area contributed by atoms with Crippen molar-refractivity contribution in [1.29, 1.82) is 0 Å². The average molecular weight is 545 g/mol. The maximum Gasteiger partial charge on any atom is 0.259 e. The van der Waals surface area contributed by atoms with Gasteiger partial charge in [-0.1, -0.05) is 65.6 Å². The third-order valence-electron chi connectivity index (χ3n) is 6.91. The first kappa shape index (κ1) is 24.7. The van der Waals surface area contributed by atoms with Gasteiger partial charge in [0.1, 0.15) is 0 Å². The van der Waals surface area contributed by atoms with E-state index >= 15 is 0 Å². The molecule has 1 aliphatic heterocycles. The summed E-state index contributed by atoms with van der Waals surface area (Å²) in [5.41, 5.74) is 3.31. The monoisotopic (exact) mass is 544 g/mol. The predicted octanol–water partition coefficient (Wildman–Crippen LogP) is 6.30. The second-order valence-corrected chi connectivity index (χ2v) is 11.0. The molecular weight excluding hydrogens is 520 g/mol. The van der Waals surface area contributed by atoms with Gasteiger partial charge in [0, 0.05) is 26.4 Å². The van der Waals surface area contributed by atoms with Crippen molar-refractivity contribution in [3.8, 4) is 11.4 Å². The minimum Gasteiger partial charge on any atom is -0.347 e. The maximum atomic E-state index is 13.6. The lowest BCUT2D eigenvalue weighted by Gasteiger charge is -2.29. The van der Waals surface area contributed by atoms with E-state index in [0.29, 0.717) is 16.7 Å². The largest absolute Gasteiger partial charge is 0.347 e. The Bertz CT molecular complexity index is 1500. The van der Waals surface area contributed by atoms with Crippen LogP contribution in [-0.4, -0.2) is 28.0 Å². The number of nitrogens with zero attached hydrogens (tertiary/aromatic N) is 3. The highest BCUT2D eigenvalue weighted by Gasteiger charge is 2.34. The van der Waals surface area contributed by atoms with Gasteiger partial charge in [-0.15, -0.1) is 0 Å². The van der Waals surface area contributed by atoms with Crippen LogP contribution in [0.25, 0.3) is 11.4 Å². The number of rotatable bonds is 6. The number of carbonyl (C=O) groups excluding carboxylic acids is 2. The summed E-state index contributed by atoms with van der Waals surface area (Å²) in [6, 6.07) is 21.1. The van der Waals surface area contributed by atoms with Crippen LogP contribution in [-0.2, 0) is 17.8 Å². The first-order valence-corrected chi connectivity index (χ1v) is 13.8. The fraction of sp³-hybridized carbons (Fsp3) is 0.241. The van der Waals surface area contributed by atoms with E-state index in [1.54, 1.807) is 23.9 Å². The molecule has 2 aliphatic rings. The topological polar surface area (TPSA) is 88.3 Å². The van der Waals surface area contributed by atoms with Crippen molar-refractivity contribution < 1.29 is 14.1 Å². The van der Waals surface area contributed by atoms with Gasteiger partial charge in [-0.05, 0) is 60.9 Å². The van der Waals surface area contributed by atoms with Crippen LogP contribution < -0.4 is 10.2 Å². The molecule has 1 fully saturated rings. The lowest BCUT2D eigenvalue weighted by atomic mass is 10.1. The normalized spacial score (nSPS) is 15.2. The number of amides is 2. The molecule has 1 aromatic heterocycles. The number of hydrogen-bond donors (Lipinski definition) is 1. The van der Waals surface area contributed by atoms with Crippen molar-refractivity contribution >= 4 is 40.9 Å². The van der Waals surface area contributed by atoms with Crippen LogP contribution in [0.4, 0.5) is 5.69 Å². The fourth-order valence-electron chi connectivity index (χ4n) is 5.02. The zero-order chi connectivity index (χ0) is 26.1. The van der Waals surface area contributed by atoms with Gasteiger partial charge in [-0.2, -0.15) is 4.98 Å². The standard InChI is InChI=1S/C29H25ClN4O3S/c30-20-12-9-18(10-13-20)15-26(35)31-17-27-32-28(33-37-27)19-11-14-23-25(16-19)38-24-8-4-3-7-22(24)29(36)34(23)21-5-1-2-6-21/h3-4,7-14,16,21H,1-2,5-6,15,17H2,(H,31,35). The first-order valence-electron chi connectivity index (χ1n) is 12.6. The molecule has 4 aromatic rings. The highest BCUT2D eigenvalue weighted by atomic mass is 35.5. The van der Waals surface area contributed by atoms with E-state index in [2.05, 4.69) is 15.5 Å². The molecule has 1 aliphatic carbocycles. The van der Waals surface area contributed by atoms with Gasteiger partial charge in [0.05, 0.1) is 24.2 Å². The lowest BCUT2D eigenvalue weighted by molar-refractivity contribution is -0.120. The maximum absolute atomic E-state index is 13.6. The second kappa shape index (κ2) is 10.6. The van der Waals surface area contributed by atoms with Gasteiger partial charge in [-0.25, -0.2) is 0 Å². The number of aromatic nitrogens is 2. The average Bonchev–Trinajstić information content (AvgIpc) is 3.61. The van der Waals surface area contributed by atoms with Gasteiger partial charge in [0.2, 0.25) is 17.6 Å². The smallest absolute Gasteiger partial charge is 0.259 e. The van der Waals surface area contributed by atoms with Crippen molar-refractivity contribution in [3.05, 3.63) is 88.8 Å². The van der Waals surface area contributed by atoms with Gasteiger partial charge < -0.3 is 14.7 Å². The zero-order valence-corrected chi connectivity index (χ0v) is 22.1. The molecule has 9 heteroatoms. The molecule has 1 N–H and O–H groups in total. The number of halogens is 1. The van der Waals surface area contributed by atoms with E-state index in [9.17, 15) is 9.59 Å². The van der Waals surface area contributed by atoms with Crippen molar-refractivity contribution in [2.24, 2.45) is 0 Å². The summed E-state index contributed by atoms with van der Waals surface area (Å²) in [6.07, 6.45) is 4.53. The summed E-state index contributed by atoms with van der Waals surface area (Å²) < 4.78 is 5.42. The first-order chi connectivity index (χ1) is 18.5. The summed E-state index contributed by atoms with van der Waals surface area (Å²) in [6.45, 7) is 0.135. The molecule has 0 radical (unpaired) electrons. The van der Waals surface area contributed by atoms with Crippen LogP contribution in [0, 0.1) is 0 Å². The summed E-state index contributed by atoms with van der Waals surface area (Å²) >= 11 is 7.50. The minimum absolute atomic E-state index is 0.0580. The highest BCUT2D eigenvalue weighted by molar-refractivity contribution is 7.99. The Hall–Kier alpha value is -3.62. The van der Waals surface area contributed by atoms with Crippen LogP contribution in [0.1, 0.15) is 47.5 Å². The Labute approximate surface area is 229 Å². The van der Waals surface area contributed by atoms with Gasteiger partial charge >= 0.3 is 0 Å². The van der Waals surface area contributed by atoms with Crippen molar-refractivity contribution in [3.63, 3.8) is 0 Å². The second-order valence-electron chi connectivity index (χ2n) is 9.49. The number of nitrogens with one attached hydrogen (secondary N) is 1. The molecule has 3 aromatic carbocycles. The van der Waals surface area contributed by atoms with Gasteiger partial charge in [-0.3, -0.25) is 9.59 Å². The molecule has 0 atom stereocenters. The molecule has 2 heterocycles. The number of carbonyl (C=O) groups is 2. The Morgan fingerprint density at radius 3 is 2.66 bits per heavy atom. The molecule has 192 valence electrons. The molecular formula is C29H25ClN4O3S. The summed E-state index contributed by atoms with van der Waals surface area (Å²) in [7, 11) is 0. The van der Waals surface area contributed by atoms with E-state index < -0.39 is 0 Å². The number of fused-ring (bicyclic) bond motifs is 2. The van der Waals surface area contributed by atoms with Crippen molar-refractivity contribution in [2.75, 3.05) is 4.90 Å². The molecule has 6 rings (SSSR count). The van der Waals surface area contributed by atoms with E-state index in [1.165, 1.54) is 0 Å². The Kier molecular flexibility index (Phi) is 6.91. The molecule has 0 unspecified atom stereocenters. The molecule has 7 nitrogen and oxygen atoms in total. The third-order valence-corrected chi connectivity index (χ3v) is 8.28. The van der Waals surface area contributed by atoms with Crippen LogP contribution in [0.5, 0.6) is 0 Å². The zero-order valence-electron chi connectivity index (χ0n) is 20.5. The van der Waals surface area contributed by atoms with Gasteiger partial charge in [0.15, 0.2) is 0 Å². The lowest BCUT2D eigenvalue weighted by Crippen LogP contribution is -2.39. The molecule has 38 heavy (non-hydrogen) atoms. The number of benzene rings is 3. The van der Waals surface area contributed by atoms with Gasteiger partial charge in [0.25, 0.3) is 5.91 Å². The number of hydrogen-bond acceptors (Lipinski definition) is 6. The summed E-state index contributed by atoms with van der Waals surface area (Å²) in [4.78, 5) is 34.4. The third kappa shape index (κ3) is 5.06. The van der Waals surface area contributed by atoms with Crippen molar-refractivity contribution in [1.82, 2.24) is 15.5 Å². The molecule has 0 bridgehead atoms. The SMILES string of the molecule is O=C(Cc1ccc(Cl)cc1)NCc1nc(-c2ccc3c(c2)Sc2ccccc2C(=O)N3C2CCCC2)no1. The quantitative estimate of drug-likeness (QED) is 0.306.